The van der Waals surface area contributed by atoms with Crippen LogP contribution in [-0.4, -0.2) is 22.7 Å². The molecule has 1 rings (SSSR count). The van der Waals surface area contributed by atoms with Crippen LogP contribution in [0.5, 0.6) is 0 Å². The van der Waals surface area contributed by atoms with Crippen molar-refractivity contribution in [2.45, 2.75) is 51.9 Å². The monoisotopic (exact) mass is 263 g/mol. The van der Waals surface area contributed by atoms with Gasteiger partial charge in [-0.2, -0.15) is 0 Å². The van der Waals surface area contributed by atoms with Crippen LogP contribution in [0.4, 0.5) is 0 Å². The normalized spacial score (nSPS) is 10.4. The van der Waals surface area contributed by atoms with Gasteiger partial charge in [0.1, 0.15) is 0 Å². The lowest BCUT2D eigenvalue weighted by Crippen LogP contribution is -2.28. The van der Waals surface area contributed by atoms with Gasteiger partial charge in [-0.25, -0.2) is 5.06 Å². The molecule has 0 spiro atoms. The second-order valence-electron chi connectivity index (χ2n) is 4.92. The summed E-state index contributed by atoms with van der Waals surface area (Å²) in [5, 5.41) is 10.5. The van der Waals surface area contributed by atoms with Gasteiger partial charge in [0.2, 0.25) is 5.91 Å². The molecule has 0 unspecified atom stereocenters. The fourth-order valence-electron chi connectivity index (χ4n) is 2.03. The van der Waals surface area contributed by atoms with E-state index in [0.29, 0.717) is 13.0 Å². The molecule has 0 aliphatic rings. The molecule has 3 heteroatoms. The van der Waals surface area contributed by atoms with Crippen LogP contribution in [0, 0.1) is 0 Å². The van der Waals surface area contributed by atoms with Gasteiger partial charge in [0, 0.05) is 13.0 Å². The highest BCUT2D eigenvalue weighted by atomic mass is 16.5. The minimum atomic E-state index is -0.160. The van der Waals surface area contributed by atoms with Gasteiger partial charge in [0.15, 0.2) is 0 Å². The molecule has 0 aliphatic carbocycles. The van der Waals surface area contributed by atoms with E-state index in [2.05, 4.69) is 19.1 Å². The van der Waals surface area contributed by atoms with Gasteiger partial charge in [0.05, 0.1) is 0 Å². The van der Waals surface area contributed by atoms with Crippen LogP contribution in [0.1, 0.15) is 51.0 Å². The van der Waals surface area contributed by atoms with E-state index in [1.54, 1.807) is 0 Å². The summed E-state index contributed by atoms with van der Waals surface area (Å²) < 4.78 is 0. The molecule has 0 aliphatic heterocycles. The first-order valence-corrected chi connectivity index (χ1v) is 7.27. The number of aryl methyl sites for hydroxylation is 1. The predicted molar refractivity (Wildman–Crippen MR) is 77.0 cm³/mol. The van der Waals surface area contributed by atoms with Crippen LogP contribution in [0.3, 0.4) is 0 Å². The van der Waals surface area contributed by atoms with Crippen molar-refractivity contribution in [2.75, 3.05) is 6.54 Å². The second kappa shape index (κ2) is 9.56. The standard InChI is InChI=1S/C16H25NO2/c1-2-3-4-8-14-17(19)16(18)13-9-12-15-10-6-5-7-11-15/h5-7,10-11,19H,2-4,8-9,12-14H2,1H3. The minimum Gasteiger partial charge on any atom is -0.286 e. The molecule has 0 fully saturated rings. The number of carbonyl (C=O) groups excluding carboxylic acids is 1. The largest absolute Gasteiger partial charge is 0.286 e. The van der Waals surface area contributed by atoms with Gasteiger partial charge < -0.3 is 0 Å². The number of amides is 1. The van der Waals surface area contributed by atoms with E-state index in [1.165, 1.54) is 5.56 Å². The molecule has 0 radical (unpaired) electrons. The van der Waals surface area contributed by atoms with Crippen molar-refractivity contribution in [1.29, 1.82) is 0 Å². The van der Waals surface area contributed by atoms with E-state index in [9.17, 15) is 10.0 Å². The Kier molecular flexibility index (Phi) is 7.91. The molecule has 0 saturated heterocycles. The number of carbonyl (C=O) groups is 1. The molecule has 3 nitrogen and oxygen atoms in total. The van der Waals surface area contributed by atoms with Crippen LogP contribution in [0.25, 0.3) is 0 Å². The Bertz CT molecular complexity index is 351. The summed E-state index contributed by atoms with van der Waals surface area (Å²) in [5.74, 6) is -0.160. The van der Waals surface area contributed by atoms with Crippen molar-refractivity contribution >= 4 is 5.91 Å². The van der Waals surface area contributed by atoms with E-state index in [4.69, 9.17) is 0 Å². The van der Waals surface area contributed by atoms with Crippen molar-refractivity contribution in [3.8, 4) is 0 Å². The highest BCUT2D eigenvalue weighted by Crippen LogP contribution is 2.07. The zero-order valence-corrected chi connectivity index (χ0v) is 11.8. The van der Waals surface area contributed by atoms with Gasteiger partial charge in [0.25, 0.3) is 0 Å². The van der Waals surface area contributed by atoms with Crippen LogP contribution in [-0.2, 0) is 11.2 Å². The van der Waals surface area contributed by atoms with Crippen molar-refractivity contribution in [3.63, 3.8) is 0 Å². The molecule has 1 aromatic rings. The lowest BCUT2D eigenvalue weighted by atomic mass is 10.1. The summed E-state index contributed by atoms with van der Waals surface area (Å²) in [6.07, 6.45) is 6.37. The lowest BCUT2D eigenvalue weighted by molar-refractivity contribution is -0.165. The Balaban J connectivity index is 2.13. The lowest BCUT2D eigenvalue weighted by Gasteiger charge is -2.14. The highest BCUT2D eigenvalue weighted by Gasteiger charge is 2.09. The number of nitrogens with zero attached hydrogens (tertiary/aromatic N) is 1. The fraction of sp³-hybridized carbons (Fsp3) is 0.562. The maximum atomic E-state index is 11.7. The third-order valence-corrected chi connectivity index (χ3v) is 3.21. The van der Waals surface area contributed by atoms with Gasteiger partial charge in [-0.1, -0.05) is 56.5 Å². The van der Waals surface area contributed by atoms with Gasteiger partial charge in [-0.05, 0) is 24.8 Å². The number of rotatable bonds is 9. The first kappa shape index (κ1) is 15.7. The number of benzene rings is 1. The van der Waals surface area contributed by atoms with Crippen LogP contribution >= 0.6 is 0 Å². The predicted octanol–water partition coefficient (Wildman–Crippen LogP) is 3.81. The molecule has 1 N–H and O–H groups in total. The average Bonchev–Trinajstić information content (AvgIpc) is 2.44. The fourth-order valence-corrected chi connectivity index (χ4v) is 2.03. The van der Waals surface area contributed by atoms with Crippen LogP contribution in [0.15, 0.2) is 30.3 Å². The SMILES string of the molecule is CCCCCCN(O)C(=O)CCCc1ccccc1. The van der Waals surface area contributed by atoms with Gasteiger partial charge in [-0.3, -0.25) is 10.0 Å². The summed E-state index contributed by atoms with van der Waals surface area (Å²) in [5.41, 5.74) is 1.24. The zero-order valence-electron chi connectivity index (χ0n) is 11.8. The molecule has 0 aromatic heterocycles. The quantitative estimate of drug-likeness (QED) is 0.418. The van der Waals surface area contributed by atoms with Crippen LogP contribution in [0.2, 0.25) is 0 Å². The highest BCUT2D eigenvalue weighted by molar-refractivity contribution is 5.74. The summed E-state index contributed by atoms with van der Waals surface area (Å²) in [4.78, 5) is 11.7. The topological polar surface area (TPSA) is 40.5 Å². The van der Waals surface area contributed by atoms with Gasteiger partial charge >= 0.3 is 0 Å². The Morgan fingerprint density at radius 2 is 1.84 bits per heavy atom. The molecule has 0 saturated carbocycles. The van der Waals surface area contributed by atoms with E-state index >= 15 is 0 Å². The third kappa shape index (κ3) is 6.97. The smallest absolute Gasteiger partial charge is 0.245 e. The summed E-state index contributed by atoms with van der Waals surface area (Å²) in [6, 6.07) is 10.1. The Labute approximate surface area is 116 Å². The van der Waals surface area contributed by atoms with Crippen molar-refractivity contribution in [2.24, 2.45) is 0 Å². The van der Waals surface area contributed by atoms with Gasteiger partial charge in [-0.15, -0.1) is 0 Å². The van der Waals surface area contributed by atoms with E-state index in [-0.39, 0.29) is 5.91 Å². The maximum absolute atomic E-state index is 11.7. The van der Waals surface area contributed by atoms with E-state index in [0.717, 1.165) is 43.6 Å². The molecule has 0 atom stereocenters. The summed E-state index contributed by atoms with van der Waals surface area (Å²) in [7, 11) is 0. The average molecular weight is 263 g/mol. The second-order valence-corrected chi connectivity index (χ2v) is 4.92. The molecular weight excluding hydrogens is 238 g/mol. The number of hydrogen-bond acceptors (Lipinski definition) is 2. The Morgan fingerprint density at radius 3 is 2.53 bits per heavy atom. The van der Waals surface area contributed by atoms with Crippen molar-refractivity contribution in [3.05, 3.63) is 35.9 Å². The van der Waals surface area contributed by atoms with Crippen molar-refractivity contribution in [1.82, 2.24) is 5.06 Å². The molecule has 0 bridgehead atoms. The molecule has 1 aromatic carbocycles. The number of hydroxylamine groups is 2. The maximum Gasteiger partial charge on any atom is 0.245 e. The summed E-state index contributed by atoms with van der Waals surface area (Å²) >= 11 is 0. The summed E-state index contributed by atoms with van der Waals surface area (Å²) in [6.45, 7) is 2.61. The van der Waals surface area contributed by atoms with E-state index in [1.807, 2.05) is 18.2 Å². The molecular formula is C16H25NO2. The molecule has 106 valence electrons. The van der Waals surface area contributed by atoms with E-state index < -0.39 is 0 Å². The molecule has 0 heterocycles. The Morgan fingerprint density at radius 1 is 1.11 bits per heavy atom. The Hall–Kier alpha value is -1.35. The first-order chi connectivity index (χ1) is 9.24. The minimum absolute atomic E-state index is 0.160. The molecule has 19 heavy (non-hydrogen) atoms. The first-order valence-electron chi connectivity index (χ1n) is 7.27. The number of unbranched alkanes of at least 4 members (excludes halogenated alkanes) is 3. The van der Waals surface area contributed by atoms with Crippen molar-refractivity contribution < 1.29 is 10.0 Å². The van der Waals surface area contributed by atoms with Crippen LogP contribution < -0.4 is 0 Å². The number of hydrogen-bond donors (Lipinski definition) is 1. The zero-order chi connectivity index (χ0) is 13.9. The third-order valence-electron chi connectivity index (χ3n) is 3.21. The molecule has 1 amide bonds.